The van der Waals surface area contributed by atoms with Crippen molar-refractivity contribution < 1.29 is 4.74 Å². The van der Waals surface area contributed by atoms with Crippen molar-refractivity contribution in [1.82, 2.24) is 15.6 Å². The molecule has 0 aliphatic heterocycles. The number of hydrogen-bond acceptors (Lipinski definition) is 4. The number of thiazole rings is 1. The fourth-order valence-corrected chi connectivity index (χ4v) is 2.26. The number of ether oxygens (including phenoxy) is 1. The number of aromatic nitrogens is 1. The summed E-state index contributed by atoms with van der Waals surface area (Å²) in [5, 5.41) is 9.91. The molecule has 2 N–H and O–H groups in total. The van der Waals surface area contributed by atoms with E-state index in [9.17, 15) is 0 Å². The van der Waals surface area contributed by atoms with E-state index in [1.54, 1.807) is 11.3 Å². The summed E-state index contributed by atoms with van der Waals surface area (Å²) in [6.07, 6.45) is 2.04. The highest BCUT2D eigenvalue weighted by Crippen LogP contribution is 2.08. The predicted molar refractivity (Wildman–Crippen MR) is 90.0 cm³/mol. The van der Waals surface area contributed by atoms with E-state index in [4.69, 9.17) is 4.74 Å². The Kier molecular flexibility index (Phi) is 9.01. The standard InChI is InChI=1S/C15H28N4OS/c1-5-12(3)18-15(16-8-7-9-20-6-2)17-10-14-11-21-13(4)19-14/h11-12H,5-10H2,1-4H3,(H2,16,17,18). The van der Waals surface area contributed by atoms with Crippen LogP contribution in [0.25, 0.3) is 0 Å². The van der Waals surface area contributed by atoms with E-state index in [1.165, 1.54) is 0 Å². The van der Waals surface area contributed by atoms with Gasteiger partial charge in [0.15, 0.2) is 5.96 Å². The fraction of sp³-hybridized carbons (Fsp3) is 0.733. The van der Waals surface area contributed by atoms with Gasteiger partial charge in [0.2, 0.25) is 0 Å². The first-order valence-electron chi connectivity index (χ1n) is 7.69. The van der Waals surface area contributed by atoms with Crippen LogP contribution in [-0.2, 0) is 11.3 Å². The number of nitrogens with zero attached hydrogens (tertiary/aromatic N) is 2. The first-order valence-corrected chi connectivity index (χ1v) is 8.57. The Morgan fingerprint density at radius 2 is 2.29 bits per heavy atom. The van der Waals surface area contributed by atoms with Crippen LogP contribution in [0.4, 0.5) is 0 Å². The van der Waals surface area contributed by atoms with E-state index >= 15 is 0 Å². The molecule has 0 aliphatic carbocycles. The van der Waals surface area contributed by atoms with Gasteiger partial charge in [0.1, 0.15) is 0 Å². The van der Waals surface area contributed by atoms with Gasteiger partial charge in [-0.05, 0) is 33.6 Å². The third-order valence-corrected chi connectivity index (χ3v) is 3.85. The van der Waals surface area contributed by atoms with E-state index in [0.29, 0.717) is 12.6 Å². The van der Waals surface area contributed by atoms with Gasteiger partial charge in [-0.15, -0.1) is 11.3 Å². The smallest absolute Gasteiger partial charge is 0.191 e. The summed E-state index contributed by atoms with van der Waals surface area (Å²) >= 11 is 1.66. The van der Waals surface area contributed by atoms with Crippen LogP contribution >= 0.6 is 11.3 Å². The van der Waals surface area contributed by atoms with Crippen molar-refractivity contribution >= 4 is 17.3 Å². The molecule has 0 aliphatic rings. The van der Waals surface area contributed by atoms with Crippen LogP contribution in [0.5, 0.6) is 0 Å². The van der Waals surface area contributed by atoms with E-state index in [2.05, 4.69) is 39.8 Å². The van der Waals surface area contributed by atoms with Gasteiger partial charge in [-0.3, -0.25) is 0 Å². The molecule has 1 atom stereocenters. The van der Waals surface area contributed by atoms with Crippen molar-refractivity contribution in [2.24, 2.45) is 4.99 Å². The monoisotopic (exact) mass is 312 g/mol. The summed E-state index contributed by atoms with van der Waals surface area (Å²) in [5.74, 6) is 0.853. The van der Waals surface area contributed by atoms with Gasteiger partial charge < -0.3 is 15.4 Å². The number of guanidine groups is 1. The highest BCUT2D eigenvalue weighted by atomic mass is 32.1. The summed E-state index contributed by atoms with van der Waals surface area (Å²) in [6, 6.07) is 0.403. The molecule has 1 aromatic heterocycles. The third kappa shape index (κ3) is 8.02. The second kappa shape index (κ2) is 10.6. The lowest BCUT2D eigenvalue weighted by atomic mass is 10.3. The maximum atomic E-state index is 5.34. The second-order valence-electron chi connectivity index (χ2n) is 4.95. The van der Waals surface area contributed by atoms with Gasteiger partial charge in [0.25, 0.3) is 0 Å². The summed E-state index contributed by atoms with van der Waals surface area (Å²) in [6.45, 7) is 11.4. The van der Waals surface area contributed by atoms with Crippen LogP contribution in [0, 0.1) is 6.92 Å². The lowest BCUT2D eigenvalue weighted by molar-refractivity contribution is 0.145. The van der Waals surface area contributed by atoms with Crippen LogP contribution in [0.1, 0.15) is 44.3 Å². The average Bonchev–Trinajstić information content (AvgIpc) is 2.89. The quantitative estimate of drug-likeness (QED) is 0.418. The lowest BCUT2D eigenvalue weighted by Crippen LogP contribution is -2.42. The van der Waals surface area contributed by atoms with Crippen LogP contribution in [0.3, 0.4) is 0 Å². The molecule has 1 rings (SSSR count). The van der Waals surface area contributed by atoms with E-state index in [1.807, 2.05) is 13.8 Å². The van der Waals surface area contributed by atoms with Crippen LogP contribution < -0.4 is 10.6 Å². The molecule has 120 valence electrons. The largest absolute Gasteiger partial charge is 0.382 e. The number of nitrogens with one attached hydrogen (secondary N) is 2. The number of aliphatic imine (C=N–C) groups is 1. The van der Waals surface area contributed by atoms with Crippen molar-refractivity contribution in [3.63, 3.8) is 0 Å². The molecule has 1 unspecified atom stereocenters. The minimum atomic E-state index is 0.403. The van der Waals surface area contributed by atoms with Crippen molar-refractivity contribution in [3.05, 3.63) is 16.1 Å². The van der Waals surface area contributed by atoms with Crippen molar-refractivity contribution in [2.75, 3.05) is 19.8 Å². The average molecular weight is 312 g/mol. The molecule has 0 saturated heterocycles. The van der Waals surface area contributed by atoms with E-state index in [0.717, 1.165) is 49.3 Å². The highest BCUT2D eigenvalue weighted by Gasteiger charge is 2.04. The summed E-state index contributed by atoms with van der Waals surface area (Å²) < 4.78 is 5.34. The van der Waals surface area contributed by atoms with E-state index < -0.39 is 0 Å². The normalized spacial score (nSPS) is 13.2. The molecule has 0 radical (unpaired) electrons. The zero-order valence-corrected chi connectivity index (χ0v) is 14.4. The Morgan fingerprint density at radius 1 is 1.48 bits per heavy atom. The minimum Gasteiger partial charge on any atom is -0.382 e. The van der Waals surface area contributed by atoms with Gasteiger partial charge in [0, 0.05) is 31.2 Å². The molecular weight excluding hydrogens is 284 g/mol. The molecule has 5 nitrogen and oxygen atoms in total. The Balaban J connectivity index is 2.46. The first kappa shape index (κ1) is 17.9. The Hall–Kier alpha value is -1.14. The number of hydrogen-bond donors (Lipinski definition) is 2. The first-order chi connectivity index (χ1) is 10.2. The van der Waals surface area contributed by atoms with Crippen molar-refractivity contribution in [3.8, 4) is 0 Å². The van der Waals surface area contributed by atoms with Crippen molar-refractivity contribution in [1.29, 1.82) is 0 Å². The topological polar surface area (TPSA) is 58.5 Å². The molecule has 0 bridgehead atoms. The molecule has 1 aromatic rings. The van der Waals surface area contributed by atoms with Crippen molar-refractivity contribution in [2.45, 2.75) is 53.1 Å². The zero-order chi connectivity index (χ0) is 15.5. The second-order valence-corrected chi connectivity index (χ2v) is 6.02. The molecular formula is C15H28N4OS. The van der Waals surface area contributed by atoms with Crippen LogP contribution in [0.2, 0.25) is 0 Å². The molecule has 1 heterocycles. The SMILES string of the molecule is CCOCCCNC(=NCc1csc(C)n1)NC(C)CC. The predicted octanol–water partition coefficient (Wildman–Crippen LogP) is 2.71. The summed E-state index contributed by atoms with van der Waals surface area (Å²) in [7, 11) is 0. The molecule has 0 fully saturated rings. The maximum absolute atomic E-state index is 5.34. The highest BCUT2D eigenvalue weighted by molar-refractivity contribution is 7.09. The Bertz CT molecular complexity index is 420. The summed E-state index contributed by atoms with van der Waals surface area (Å²) in [4.78, 5) is 9.05. The third-order valence-electron chi connectivity index (χ3n) is 3.02. The molecule has 0 saturated carbocycles. The molecule has 21 heavy (non-hydrogen) atoms. The molecule has 0 aromatic carbocycles. The van der Waals surface area contributed by atoms with Gasteiger partial charge in [-0.1, -0.05) is 6.92 Å². The summed E-state index contributed by atoms with van der Waals surface area (Å²) in [5.41, 5.74) is 1.03. The van der Waals surface area contributed by atoms with Gasteiger partial charge >= 0.3 is 0 Å². The van der Waals surface area contributed by atoms with Crippen LogP contribution in [-0.4, -0.2) is 36.7 Å². The van der Waals surface area contributed by atoms with Crippen LogP contribution in [0.15, 0.2) is 10.4 Å². The fourth-order valence-electron chi connectivity index (χ4n) is 1.65. The molecule has 6 heteroatoms. The van der Waals surface area contributed by atoms with E-state index in [-0.39, 0.29) is 0 Å². The van der Waals surface area contributed by atoms with Gasteiger partial charge in [-0.2, -0.15) is 0 Å². The number of aryl methyl sites for hydroxylation is 1. The molecule has 0 spiro atoms. The minimum absolute atomic E-state index is 0.403. The number of rotatable bonds is 9. The Labute approximate surface area is 132 Å². The van der Waals surface area contributed by atoms with Gasteiger partial charge in [-0.25, -0.2) is 9.98 Å². The molecule has 0 amide bonds. The van der Waals surface area contributed by atoms with Gasteiger partial charge in [0.05, 0.1) is 17.2 Å². The zero-order valence-electron chi connectivity index (χ0n) is 13.6. The lowest BCUT2D eigenvalue weighted by Gasteiger charge is -2.17. The maximum Gasteiger partial charge on any atom is 0.191 e. The Morgan fingerprint density at radius 3 is 2.90 bits per heavy atom.